The van der Waals surface area contributed by atoms with Crippen LogP contribution >= 0.6 is 0 Å². The van der Waals surface area contributed by atoms with Gasteiger partial charge in [0.1, 0.15) is 5.82 Å². The molecule has 0 unspecified atom stereocenters. The van der Waals surface area contributed by atoms with Crippen molar-refractivity contribution < 1.29 is 13.6 Å². The summed E-state index contributed by atoms with van der Waals surface area (Å²) < 4.78 is 20.0. The van der Waals surface area contributed by atoms with Crippen molar-refractivity contribution in [2.75, 3.05) is 5.32 Å². The Hall–Kier alpha value is -3.48. The third kappa shape index (κ3) is 2.41. The second-order valence-corrected chi connectivity index (χ2v) is 5.08. The normalized spacial score (nSPS) is 10.9. The molecule has 0 saturated carbocycles. The van der Waals surface area contributed by atoms with Crippen LogP contribution in [-0.4, -0.2) is 20.5 Å². The molecular weight excluding hydrogens is 311 g/mol. The quantitative estimate of drug-likeness (QED) is 0.627. The molecule has 0 spiro atoms. The Morgan fingerprint density at radius 2 is 1.92 bits per heavy atom. The Balaban J connectivity index is 1.66. The number of pyridine rings is 1. The summed E-state index contributed by atoms with van der Waals surface area (Å²) in [5.74, 6) is -0.396. The zero-order chi connectivity index (χ0) is 16.5. The maximum Gasteiger partial charge on any atom is 0.294 e. The fraction of sp³-hybridized carbons (Fsp3) is 0. The molecule has 0 aliphatic carbocycles. The third-order valence-electron chi connectivity index (χ3n) is 3.57. The summed E-state index contributed by atoms with van der Waals surface area (Å²) in [6.45, 7) is 0. The summed E-state index contributed by atoms with van der Waals surface area (Å²) in [7, 11) is 0. The lowest BCUT2D eigenvalue weighted by atomic mass is 10.1. The van der Waals surface area contributed by atoms with E-state index in [1.807, 2.05) is 12.1 Å². The van der Waals surface area contributed by atoms with E-state index in [9.17, 15) is 9.18 Å². The maximum atomic E-state index is 13.1. The molecule has 0 radical (unpaired) electrons. The van der Waals surface area contributed by atoms with Gasteiger partial charge in [-0.15, -0.1) is 10.2 Å². The van der Waals surface area contributed by atoms with E-state index in [1.165, 1.54) is 18.4 Å². The molecule has 4 rings (SSSR count). The van der Waals surface area contributed by atoms with Gasteiger partial charge in [0.05, 0.1) is 6.26 Å². The number of amides is 1. The molecule has 4 aromatic rings. The number of hydrogen-bond acceptors (Lipinski definition) is 4. The van der Waals surface area contributed by atoms with Crippen molar-refractivity contribution in [2.45, 2.75) is 0 Å². The lowest BCUT2D eigenvalue weighted by Crippen LogP contribution is -2.14. The first-order valence-electron chi connectivity index (χ1n) is 7.17. The fourth-order valence-corrected chi connectivity index (χ4v) is 2.43. The van der Waals surface area contributed by atoms with Gasteiger partial charge in [0, 0.05) is 11.8 Å². The van der Waals surface area contributed by atoms with Crippen LogP contribution in [0.1, 0.15) is 10.6 Å². The third-order valence-corrected chi connectivity index (χ3v) is 3.57. The van der Waals surface area contributed by atoms with Crippen molar-refractivity contribution in [3.63, 3.8) is 0 Å². The highest BCUT2D eigenvalue weighted by atomic mass is 19.1. The summed E-state index contributed by atoms with van der Waals surface area (Å²) >= 11 is 0. The van der Waals surface area contributed by atoms with E-state index in [1.54, 1.807) is 34.9 Å². The number of carbonyl (C=O) groups excluding carboxylic acids is 1. The fourth-order valence-electron chi connectivity index (χ4n) is 2.43. The Kier molecular flexibility index (Phi) is 3.31. The highest BCUT2D eigenvalue weighted by Gasteiger charge is 2.19. The van der Waals surface area contributed by atoms with E-state index in [4.69, 9.17) is 4.42 Å². The van der Waals surface area contributed by atoms with Gasteiger partial charge in [-0.1, -0.05) is 18.2 Å². The second kappa shape index (κ2) is 5.62. The van der Waals surface area contributed by atoms with Crippen LogP contribution in [0, 0.1) is 5.82 Å². The number of nitrogens with zero attached hydrogens (tertiary/aromatic N) is 3. The average Bonchev–Trinajstić information content (AvgIpc) is 3.23. The van der Waals surface area contributed by atoms with Crippen LogP contribution in [-0.2, 0) is 0 Å². The molecule has 0 fully saturated rings. The van der Waals surface area contributed by atoms with E-state index in [0.29, 0.717) is 16.8 Å². The summed E-state index contributed by atoms with van der Waals surface area (Å²) in [6.07, 6.45) is 3.16. The number of nitrogens with one attached hydrogen (secondary N) is 1. The molecule has 0 saturated heterocycles. The molecular formula is C17H11FN4O2. The number of benzene rings is 1. The van der Waals surface area contributed by atoms with Crippen LogP contribution in [0.3, 0.4) is 0 Å². The van der Waals surface area contributed by atoms with Gasteiger partial charge in [0.2, 0.25) is 5.95 Å². The van der Waals surface area contributed by atoms with Crippen molar-refractivity contribution in [1.82, 2.24) is 14.6 Å². The van der Waals surface area contributed by atoms with Crippen LogP contribution in [0.25, 0.3) is 16.8 Å². The van der Waals surface area contributed by atoms with Crippen molar-refractivity contribution in [3.05, 3.63) is 72.6 Å². The van der Waals surface area contributed by atoms with Gasteiger partial charge >= 0.3 is 0 Å². The standard InChI is InChI=1S/C17H11FN4O2/c18-12-6-4-11(5-7-12)13-8-10-24-15(13)16(23)19-17-21-20-14-3-1-2-9-22(14)17/h1-10H,(H,19,21,23). The van der Waals surface area contributed by atoms with E-state index in [0.717, 1.165) is 0 Å². The summed E-state index contributed by atoms with van der Waals surface area (Å²) in [6, 6.07) is 12.9. The molecule has 0 bridgehead atoms. The molecule has 1 N–H and O–H groups in total. The topological polar surface area (TPSA) is 72.4 Å². The van der Waals surface area contributed by atoms with Crippen LogP contribution in [0.2, 0.25) is 0 Å². The number of aromatic nitrogens is 3. The smallest absolute Gasteiger partial charge is 0.294 e. The number of anilines is 1. The van der Waals surface area contributed by atoms with Gasteiger partial charge in [0.15, 0.2) is 11.4 Å². The zero-order valence-corrected chi connectivity index (χ0v) is 12.3. The SMILES string of the molecule is O=C(Nc1nnc2ccccn12)c1occc1-c1ccc(F)cc1. The number of rotatable bonds is 3. The van der Waals surface area contributed by atoms with Crippen molar-refractivity contribution >= 4 is 17.5 Å². The first kappa shape index (κ1) is 14.1. The minimum absolute atomic E-state index is 0.120. The van der Waals surface area contributed by atoms with Crippen LogP contribution in [0.4, 0.5) is 10.3 Å². The minimum atomic E-state index is -0.461. The van der Waals surface area contributed by atoms with E-state index in [-0.39, 0.29) is 17.5 Å². The number of carbonyl (C=O) groups is 1. The van der Waals surface area contributed by atoms with Gasteiger partial charge in [-0.3, -0.25) is 14.5 Å². The molecule has 1 aromatic carbocycles. The molecule has 3 aromatic heterocycles. The van der Waals surface area contributed by atoms with E-state index in [2.05, 4.69) is 15.5 Å². The number of halogens is 1. The first-order chi connectivity index (χ1) is 11.7. The predicted molar refractivity (Wildman–Crippen MR) is 85.0 cm³/mol. The molecule has 0 atom stereocenters. The van der Waals surface area contributed by atoms with E-state index >= 15 is 0 Å². The Bertz CT molecular complexity index is 1020. The number of furan rings is 1. The van der Waals surface area contributed by atoms with E-state index < -0.39 is 5.91 Å². The number of fused-ring (bicyclic) bond motifs is 1. The van der Waals surface area contributed by atoms with Crippen LogP contribution in [0.5, 0.6) is 0 Å². The van der Waals surface area contributed by atoms with Crippen molar-refractivity contribution in [1.29, 1.82) is 0 Å². The highest BCUT2D eigenvalue weighted by molar-refractivity contribution is 6.05. The van der Waals surface area contributed by atoms with Gasteiger partial charge in [-0.2, -0.15) is 0 Å². The Morgan fingerprint density at radius 1 is 1.08 bits per heavy atom. The van der Waals surface area contributed by atoms with Crippen LogP contribution in [0.15, 0.2) is 65.4 Å². The first-order valence-corrected chi connectivity index (χ1v) is 7.17. The van der Waals surface area contributed by atoms with Crippen LogP contribution < -0.4 is 5.32 Å². The summed E-state index contributed by atoms with van der Waals surface area (Å²) in [4.78, 5) is 12.5. The van der Waals surface area contributed by atoms with Gasteiger partial charge in [-0.25, -0.2) is 4.39 Å². The molecule has 24 heavy (non-hydrogen) atoms. The average molecular weight is 322 g/mol. The van der Waals surface area contributed by atoms with Crippen molar-refractivity contribution in [2.24, 2.45) is 0 Å². The maximum absolute atomic E-state index is 13.1. The monoisotopic (exact) mass is 322 g/mol. The largest absolute Gasteiger partial charge is 0.459 e. The lowest BCUT2D eigenvalue weighted by molar-refractivity contribution is 0.0996. The predicted octanol–water partition coefficient (Wildman–Crippen LogP) is 3.38. The highest BCUT2D eigenvalue weighted by Crippen LogP contribution is 2.25. The molecule has 0 aliphatic rings. The molecule has 6 nitrogen and oxygen atoms in total. The Morgan fingerprint density at radius 3 is 2.75 bits per heavy atom. The minimum Gasteiger partial charge on any atom is -0.459 e. The molecule has 0 aliphatic heterocycles. The van der Waals surface area contributed by atoms with Gasteiger partial charge < -0.3 is 4.42 Å². The van der Waals surface area contributed by atoms with Crippen molar-refractivity contribution in [3.8, 4) is 11.1 Å². The molecule has 7 heteroatoms. The molecule has 3 heterocycles. The molecule has 1 amide bonds. The summed E-state index contributed by atoms with van der Waals surface area (Å²) in [5, 5.41) is 10.6. The number of hydrogen-bond donors (Lipinski definition) is 1. The molecule has 118 valence electrons. The summed E-state index contributed by atoms with van der Waals surface area (Å²) in [5.41, 5.74) is 1.87. The zero-order valence-electron chi connectivity index (χ0n) is 12.3. The lowest BCUT2D eigenvalue weighted by Gasteiger charge is -2.04. The van der Waals surface area contributed by atoms with Gasteiger partial charge in [0.25, 0.3) is 5.91 Å². The Labute approximate surface area is 135 Å². The second-order valence-electron chi connectivity index (χ2n) is 5.08. The van der Waals surface area contributed by atoms with Gasteiger partial charge in [-0.05, 0) is 35.9 Å².